The van der Waals surface area contributed by atoms with Crippen LogP contribution in [0.15, 0.2) is 28.7 Å². The van der Waals surface area contributed by atoms with Crippen molar-refractivity contribution in [2.75, 3.05) is 12.3 Å². The molecule has 1 aromatic rings. The van der Waals surface area contributed by atoms with Gasteiger partial charge in [0.25, 0.3) is 0 Å². The van der Waals surface area contributed by atoms with Gasteiger partial charge >= 0.3 is 0 Å². The second kappa shape index (κ2) is 4.23. The molecule has 1 aromatic carbocycles. The maximum absolute atomic E-state index is 11.6. The first-order valence-corrected chi connectivity index (χ1v) is 7.20. The van der Waals surface area contributed by atoms with Crippen LogP contribution in [0.2, 0.25) is 0 Å². The summed E-state index contributed by atoms with van der Waals surface area (Å²) in [7, 11) is -2.98. The van der Waals surface area contributed by atoms with Gasteiger partial charge in [-0.05, 0) is 24.1 Å². The Kier molecular flexibility index (Phi) is 3.13. The third kappa shape index (κ3) is 2.59. The van der Waals surface area contributed by atoms with Crippen molar-refractivity contribution in [2.24, 2.45) is 0 Å². The Labute approximate surface area is 98.3 Å². The molecule has 15 heavy (non-hydrogen) atoms. The van der Waals surface area contributed by atoms with Gasteiger partial charge in [-0.1, -0.05) is 28.1 Å². The van der Waals surface area contributed by atoms with E-state index in [1.54, 1.807) is 4.31 Å². The fraction of sp³-hybridized carbons (Fsp3) is 0.400. The fourth-order valence-electron chi connectivity index (χ4n) is 1.71. The molecule has 0 saturated carbocycles. The molecule has 2 rings (SSSR count). The lowest BCUT2D eigenvalue weighted by Crippen LogP contribution is -2.25. The molecule has 0 amide bonds. The molecule has 5 heteroatoms. The SMILES string of the molecule is O=S1(=O)CCCN1Cc1cccc(Br)c1. The number of nitrogens with zero attached hydrogens (tertiary/aromatic N) is 1. The second-order valence-electron chi connectivity index (χ2n) is 3.63. The van der Waals surface area contributed by atoms with Crippen molar-refractivity contribution in [2.45, 2.75) is 13.0 Å². The Morgan fingerprint density at radius 3 is 2.80 bits per heavy atom. The Hall–Kier alpha value is -0.390. The van der Waals surface area contributed by atoms with Crippen LogP contribution in [0.25, 0.3) is 0 Å². The summed E-state index contributed by atoms with van der Waals surface area (Å²) in [6.07, 6.45) is 0.746. The predicted molar refractivity (Wildman–Crippen MR) is 63.0 cm³/mol. The molecule has 0 bridgehead atoms. The summed E-state index contributed by atoms with van der Waals surface area (Å²) in [6.45, 7) is 1.14. The summed E-state index contributed by atoms with van der Waals surface area (Å²) in [4.78, 5) is 0. The van der Waals surface area contributed by atoms with Gasteiger partial charge in [0.05, 0.1) is 5.75 Å². The first-order chi connectivity index (χ1) is 7.08. The standard InChI is InChI=1S/C10H12BrNO2S/c11-10-4-1-3-9(7-10)8-12-5-2-6-15(12,13)14/h1,3-4,7H,2,5-6,8H2. The summed E-state index contributed by atoms with van der Waals surface area (Å²) in [5, 5.41) is 0. The van der Waals surface area contributed by atoms with Crippen molar-refractivity contribution in [1.82, 2.24) is 4.31 Å². The number of sulfonamides is 1. The highest BCUT2D eigenvalue weighted by molar-refractivity contribution is 9.10. The van der Waals surface area contributed by atoms with E-state index in [0.29, 0.717) is 18.8 Å². The van der Waals surface area contributed by atoms with Crippen LogP contribution < -0.4 is 0 Å². The molecule has 1 aliphatic heterocycles. The zero-order valence-electron chi connectivity index (χ0n) is 8.19. The van der Waals surface area contributed by atoms with Crippen molar-refractivity contribution in [1.29, 1.82) is 0 Å². The van der Waals surface area contributed by atoms with Crippen LogP contribution in [0.5, 0.6) is 0 Å². The van der Waals surface area contributed by atoms with Crippen molar-refractivity contribution in [3.8, 4) is 0 Å². The molecule has 0 aliphatic carbocycles. The number of rotatable bonds is 2. The summed E-state index contributed by atoms with van der Waals surface area (Å²) >= 11 is 3.37. The van der Waals surface area contributed by atoms with E-state index in [4.69, 9.17) is 0 Å². The monoisotopic (exact) mass is 289 g/mol. The summed E-state index contributed by atoms with van der Waals surface area (Å²) < 4.78 is 25.7. The Bertz CT molecular complexity index is 458. The van der Waals surface area contributed by atoms with Crippen molar-refractivity contribution >= 4 is 26.0 Å². The van der Waals surface area contributed by atoms with Crippen LogP contribution in [0.1, 0.15) is 12.0 Å². The minimum Gasteiger partial charge on any atom is -0.212 e. The van der Waals surface area contributed by atoms with E-state index in [2.05, 4.69) is 15.9 Å². The topological polar surface area (TPSA) is 37.4 Å². The van der Waals surface area contributed by atoms with E-state index in [9.17, 15) is 8.42 Å². The van der Waals surface area contributed by atoms with E-state index >= 15 is 0 Å². The van der Waals surface area contributed by atoms with E-state index < -0.39 is 10.0 Å². The van der Waals surface area contributed by atoms with Crippen molar-refractivity contribution < 1.29 is 8.42 Å². The van der Waals surface area contributed by atoms with Crippen LogP contribution in [-0.2, 0) is 16.6 Å². The first-order valence-electron chi connectivity index (χ1n) is 4.80. The predicted octanol–water partition coefficient (Wildman–Crippen LogP) is 1.98. The van der Waals surface area contributed by atoms with Gasteiger partial charge in [0.15, 0.2) is 0 Å². The van der Waals surface area contributed by atoms with E-state index in [1.165, 1.54) is 0 Å². The molecule has 0 N–H and O–H groups in total. The Morgan fingerprint density at radius 2 is 2.20 bits per heavy atom. The van der Waals surface area contributed by atoms with Crippen LogP contribution in [0.4, 0.5) is 0 Å². The van der Waals surface area contributed by atoms with Gasteiger partial charge in [0.2, 0.25) is 10.0 Å². The molecule has 0 spiro atoms. The fourth-order valence-corrected chi connectivity index (χ4v) is 3.66. The molecule has 1 aliphatic rings. The first kappa shape index (κ1) is 11.1. The summed E-state index contributed by atoms with van der Waals surface area (Å²) in [5.74, 6) is 0.293. The quantitative estimate of drug-likeness (QED) is 0.835. The average molecular weight is 290 g/mol. The van der Waals surface area contributed by atoms with Crippen LogP contribution in [0.3, 0.4) is 0 Å². The van der Waals surface area contributed by atoms with Crippen LogP contribution in [-0.4, -0.2) is 25.0 Å². The van der Waals surface area contributed by atoms with Crippen LogP contribution in [0, 0.1) is 0 Å². The zero-order valence-corrected chi connectivity index (χ0v) is 10.6. The van der Waals surface area contributed by atoms with Crippen LogP contribution >= 0.6 is 15.9 Å². The molecule has 0 atom stereocenters. The number of hydrogen-bond donors (Lipinski definition) is 0. The van der Waals surface area contributed by atoms with Gasteiger partial charge in [-0.15, -0.1) is 0 Å². The lowest BCUT2D eigenvalue weighted by molar-refractivity contribution is 0.439. The highest BCUT2D eigenvalue weighted by Crippen LogP contribution is 2.19. The van der Waals surface area contributed by atoms with Crippen molar-refractivity contribution in [3.63, 3.8) is 0 Å². The zero-order chi connectivity index (χ0) is 10.9. The second-order valence-corrected chi connectivity index (χ2v) is 6.64. The molecule has 0 unspecified atom stereocenters. The number of hydrogen-bond acceptors (Lipinski definition) is 2. The Balaban J connectivity index is 2.16. The molecule has 0 radical (unpaired) electrons. The van der Waals surface area contributed by atoms with E-state index in [-0.39, 0.29) is 0 Å². The van der Waals surface area contributed by atoms with Gasteiger partial charge in [-0.2, -0.15) is 4.31 Å². The minimum atomic E-state index is -2.98. The lowest BCUT2D eigenvalue weighted by atomic mass is 10.2. The third-order valence-corrected chi connectivity index (χ3v) is 4.85. The number of benzene rings is 1. The minimum absolute atomic E-state index is 0.293. The molecule has 1 saturated heterocycles. The molecule has 1 heterocycles. The highest BCUT2D eigenvalue weighted by atomic mass is 79.9. The normalized spacial score (nSPS) is 20.6. The summed E-state index contributed by atoms with van der Waals surface area (Å²) in [5.41, 5.74) is 1.02. The molecule has 1 fully saturated rings. The molecule has 0 aromatic heterocycles. The van der Waals surface area contributed by atoms with Crippen molar-refractivity contribution in [3.05, 3.63) is 34.3 Å². The van der Waals surface area contributed by atoms with Gasteiger partial charge in [-0.25, -0.2) is 8.42 Å². The summed E-state index contributed by atoms with van der Waals surface area (Å²) in [6, 6.07) is 7.75. The molecular formula is C10H12BrNO2S. The van der Waals surface area contributed by atoms with Gasteiger partial charge < -0.3 is 0 Å². The highest BCUT2D eigenvalue weighted by Gasteiger charge is 2.27. The molecule has 3 nitrogen and oxygen atoms in total. The van der Waals surface area contributed by atoms with E-state index in [1.807, 2.05) is 24.3 Å². The number of halogens is 1. The molecule has 82 valence electrons. The van der Waals surface area contributed by atoms with Gasteiger partial charge in [0, 0.05) is 17.6 Å². The van der Waals surface area contributed by atoms with Gasteiger partial charge in [-0.3, -0.25) is 0 Å². The van der Waals surface area contributed by atoms with E-state index in [0.717, 1.165) is 16.5 Å². The third-order valence-electron chi connectivity index (χ3n) is 2.45. The smallest absolute Gasteiger partial charge is 0.212 e. The van der Waals surface area contributed by atoms with Gasteiger partial charge in [0.1, 0.15) is 0 Å². The maximum atomic E-state index is 11.6. The maximum Gasteiger partial charge on any atom is 0.214 e. The largest absolute Gasteiger partial charge is 0.214 e. The molecular weight excluding hydrogens is 278 g/mol. The average Bonchev–Trinajstić information content (AvgIpc) is 2.46. The Morgan fingerprint density at radius 1 is 1.40 bits per heavy atom. The lowest BCUT2D eigenvalue weighted by Gasteiger charge is -2.14.